The van der Waals surface area contributed by atoms with Crippen LogP contribution in [-0.4, -0.2) is 45.2 Å². The number of nitrogens with zero attached hydrogens (tertiary/aromatic N) is 2. The van der Waals surface area contributed by atoms with Gasteiger partial charge in [-0.1, -0.05) is 12.1 Å². The zero-order valence-electron chi connectivity index (χ0n) is 17.2. The molecule has 0 fully saturated rings. The molecule has 2 aromatic rings. The second-order valence-electron chi connectivity index (χ2n) is 6.89. The molecule has 0 bridgehead atoms. The lowest BCUT2D eigenvalue weighted by atomic mass is 10.1. The summed E-state index contributed by atoms with van der Waals surface area (Å²) in [5.41, 5.74) is 3.18. The number of hydrogen-bond donors (Lipinski definition) is 2. The van der Waals surface area contributed by atoms with Crippen LogP contribution in [0.15, 0.2) is 42.5 Å². The van der Waals surface area contributed by atoms with Crippen molar-refractivity contribution in [2.24, 2.45) is 0 Å². The molecule has 0 radical (unpaired) electrons. The van der Waals surface area contributed by atoms with Crippen molar-refractivity contribution in [2.45, 2.75) is 20.8 Å². The predicted octanol–water partition coefficient (Wildman–Crippen LogP) is 2.51. The lowest BCUT2D eigenvalue weighted by Gasteiger charge is -2.28. The number of anilines is 3. The molecule has 8 nitrogen and oxygen atoms in total. The minimum Gasteiger partial charge on any atom is -0.326 e. The van der Waals surface area contributed by atoms with Crippen molar-refractivity contribution < 1.29 is 18.0 Å². The van der Waals surface area contributed by atoms with Crippen molar-refractivity contribution in [3.05, 3.63) is 53.6 Å². The highest BCUT2D eigenvalue weighted by atomic mass is 32.2. The highest BCUT2D eigenvalue weighted by Crippen LogP contribution is 2.25. The first kappa shape index (κ1) is 22.4. The standard InChI is InChI=1S/C20H26N4O4S/c1-14-6-7-15(2)19(12-14)24(29(27,28)23(4)5)13-20(26)22-18-10-8-17(9-11-18)21-16(3)25/h6-12H,13H2,1-5H3,(H,21,25)(H,22,26). The van der Waals surface area contributed by atoms with Crippen molar-refractivity contribution in [1.82, 2.24) is 4.31 Å². The van der Waals surface area contributed by atoms with Gasteiger partial charge in [0.2, 0.25) is 11.8 Å². The SMILES string of the molecule is CC(=O)Nc1ccc(NC(=O)CN(c2cc(C)ccc2C)S(=O)(=O)N(C)C)cc1. The largest absolute Gasteiger partial charge is 0.326 e. The van der Waals surface area contributed by atoms with E-state index >= 15 is 0 Å². The van der Waals surface area contributed by atoms with Crippen molar-refractivity contribution >= 4 is 39.1 Å². The van der Waals surface area contributed by atoms with Gasteiger partial charge in [-0.15, -0.1) is 0 Å². The molecule has 0 aliphatic heterocycles. The van der Waals surface area contributed by atoms with Crippen LogP contribution >= 0.6 is 0 Å². The van der Waals surface area contributed by atoms with E-state index in [1.165, 1.54) is 21.0 Å². The summed E-state index contributed by atoms with van der Waals surface area (Å²) in [6.07, 6.45) is 0. The Morgan fingerprint density at radius 1 is 0.931 bits per heavy atom. The zero-order valence-corrected chi connectivity index (χ0v) is 18.0. The fourth-order valence-electron chi connectivity index (χ4n) is 2.65. The van der Waals surface area contributed by atoms with E-state index < -0.39 is 16.1 Å². The van der Waals surface area contributed by atoms with Crippen LogP contribution in [0, 0.1) is 13.8 Å². The number of carbonyl (C=O) groups excluding carboxylic acids is 2. The molecule has 0 saturated carbocycles. The molecule has 2 N–H and O–H groups in total. The van der Waals surface area contributed by atoms with Gasteiger partial charge < -0.3 is 10.6 Å². The minimum atomic E-state index is -3.88. The Morgan fingerprint density at radius 2 is 1.48 bits per heavy atom. The second-order valence-corrected chi connectivity index (χ2v) is 8.96. The number of rotatable bonds is 7. The first-order valence-corrected chi connectivity index (χ1v) is 10.4. The first-order chi connectivity index (χ1) is 13.5. The molecule has 0 unspecified atom stereocenters. The summed E-state index contributed by atoms with van der Waals surface area (Å²) in [4.78, 5) is 23.7. The molecule has 0 aliphatic carbocycles. The van der Waals surface area contributed by atoms with Gasteiger partial charge in [-0.05, 0) is 55.3 Å². The van der Waals surface area contributed by atoms with Crippen LogP contribution in [-0.2, 0) is 19.8 Å². The van der Waals surface area contributed by atoms with Gasteiger partial charge in [0.25, 0.3) is 0 Å². The van der Waals surface area contributed by atoms with Gasteiger partial charge in [0.1, 0.15) is 6.54 Å². The van der Waals surface area contributed by atoms with Crippen molar-refractivity contribution in [3.63, 3.8) is 0 Å². The molecule has 156 valence electrons. The zero-order chi connectivity index (χ0) is 21.8. The summed E-state index contributed by atoms with van der Waals surface area (Å²) < 4.78 is 27.9. The van der Waals surface area contributed by atoms with Gasteiger partial charge in [0, 0.05) is 32.4 Å². The number of carbonyl (C=O) groups is 2. The summed E-state index contributed by atoms with van der Waals surface area (Å²) in [5, 5.41) is 5.33. The predicted molar refractivity (Wildman–Crippen MR) is 115 cm³/mol. The number of nitrogens with one attached hydrogen (secondary N) is 2. The quantitative estimate of drug-likeness (QED) is 0.722. The topological polar surface area (TPSA) is 98.8 Å². The fourth-order valence-corrected chi connectivity index (χ4v) is 3.77. The van der Waals surface area contributed by atoms with E-state index in [4.69, 9.17) is 0 Å². The molecule has 2 aromatic carbocycles. The van der Waals surface area contributed by atoms with Crippen LogP contribution in [0.4, 0.5) is 17.1 Å². The van der Waals surface area contributed by atoms with Crippen LogP contribution in [0.1, 0.15) is 18.1 Å². The third-order valence-corrected chi connectivity index (χ3v) is 5.96. The summed E-state index contributed by atoms with van der Waals surface area (Å²) >= 11 is 0. The number of hydrogen-bond acceptors (Lipinski definition) is 4. The van der Waals surface area contributed by atoms with Gasteiger partial charge >= 0.3 is 10.2 Å². The van der Waals surface area contributed by atoms with Crippen molar-refractivity contribution in [2.75, 3.05) is 35.6 Å². The Hall–Kier alpha value is -2.91. The van der Waals surface area contributed by atoms with E-state index in [1.54, 1.807) is 37.3 Å². The summed E-state index contributed by atoms with van der Waals surface area (Å²) in [6.45, 7) is 4.69. The molecule has 9 heteroatoms. The molecule has 0 aromatic heterocycles. The number of aryl methyl sites for hydroxylation is 2. The van der Waals surface area contributed by atoms with E-state index in [-0.39, 0.29) is 12.5 Å². The normalized spacial score (nSPS) is 11.2. The van der Waals surface area contributed by atoms with E-state index in [0.29, 0.717) is 17.1 Å². The third-order valence-electron chi connectivity index (χ3n) is 4.15. The molecule has 0 aliphatic rings. The van der Waals surface area contributed by atoms with Gasteiger partial charge in [-0.3, -0.25) is 9.59 Å². The highest BCUT2D eigenvalue weighted by Gasteiger charge is 2.28. The molecule has 0 spiro atoms. The Kier molecular flexibility index (Phi) is 6.99. The van der Waals surface area contributed by atoms with E-state index in [0.717, 1.165) is 19.7 Å². The van der Waals surface area contributed by atoms with Crippen LogP contribution in [0.3, 0.4) is 0 Å². The maximum absolute atomic E-state index is 12.9. The van der Waals surface area contributed by atoms with E-state index in [2.05, 4.69) is 10.6 Å². The smallest absolute Gasteiger partial charge is 0.304 e. The Labute approximate surface area is 171 Å². The summed E-state index contributed by atoms with van der Waals surface area (Å²) in [5.74, 6) is -0.677. The molecular formula is C20H26N4O4S. The Morgan fingerprint density at radius 3 is 2.00 bits per heavy atom. The number of amides is 2. The summed E-state index contributed by atoms with van der Waals surface area (Å²) in [7, 11) is -1.04. The molecule has 2 rings (SSSR count). The van der Waals surface area contributed by atoms with Crippen LogP contribution < -0.4 is 14.9 Å². The van der Waals surface area contributed by atoms with Gasteiger partial charge in [0.15, 0.2) is 0 Å². The van der Waals surface area contributed by atoms with Gasteiger partial charge in [-0.2, -0.15) is 12.7 Å². The van der Waals surface area contributed by atoms with Crippen LogP contribution in [0.25, 0.3) is 0 Å². The van der Waals surface area contributed by atoms with Crippen molar-refractivity contribution in [3.8, 4) is 0 Å². The minimum absolute atomic E-state index is 0.195. The van der Waals surface area contributed by atoms with Crippen LogP contribution in [0.5, 0.6) is 0 Å². The first-order valence-electron chi connectivity index (χ1n) is 8.95. The molecule has 0 saturated heterocycles. The molecule has 2 amide bonds. The second kappa shape index (κ2) is 9.06. The lowest BCUT2D eigenvalue weighted by Crippen LogP contribution is -2.44. The average molecular weight is 419 g/mol. The Balaban J connectivity index is 2.26. The highest BCUT2D eigenvalue weighted by molar-refractivity contribution is 7.90. The molecule has 0 heterocycles. The van der Waals surface area contributed by atoms with E-state index in [9.17, 15) is 18.0 Å². The maximum atomic E-state index is 12.9. The monoisotopic (exact) mass is 418 g/mol. The van der Waals surface area contributed by atoms with Crippen LogP contribution in [0.2, 0.25) is 0 Å². The van der Waals surface area contributed by atoms with Crippen molar-refractivity contribution in [1.29, 1.82) is 0 Å². The third kappa shape index (κ3) is 5.78. The lowest BCUT2D eigenvalue weighted by molar-refractivity contribution is -0.115. The fraction of sp³-hybridized carbons (Fsp3) is 0.300. The maximum Gasteiger partial charge on any atom is 0.304 e. The van der Waals surface area contributed by atoms with Gasteiger partial charge in [-0.25, -0.2) is 4.31 Å². The molecule has 0 atom stereocenters. The average Bonchev–Trinajstić information content (AvgIpc) is 2.63. The summed E-state index contributed by atoms with van der Waals surface area (Å²) in [6, 6.07) is 12.0. The van der Waals surface area contributed by atoms with E-state index in [1.807, 2.05) is 19.1 Å². The Bertz CT molecular complexity index is 1000. The molecule has 29 heavy (non-hydrogen) atoms. The van der Waals surface area contributed by atoms with Gasteiger partial charge in [0.05, 0.1) is 5.69 Å². The number of benzene rings is 2. The molecular weight excluding hydrogens is 392 g/mol.